The summed E-state index contributed by atoms with van der Waals surface area (Å²) >= 11 is 0. The van der Waals surface area contributed by atoms with Gasteiger partial charge in [0, 0.05) is 6.20 Å². The minimum atomic E-state index is 0.259. The molecule has 4 heteroatoms. The maximum atomic E-state index is 5.63. The molecule has 0 aliphatic heterocycles. The molecule has 21 heavy (non-hydrogen) atoms. The molecule has 0 aliphatic carbocycles. The van der Waals surface area contributed by atoms with Gasteiger partial charge >= 0.3 is 0 Å². The Labute approximate surface area is 127 Å². The molecule has 2 aromatic rings. The molecule has 1 N–H and O–H groups in total. The molecule has 1 unspecified atom stereocenters. The second-order valence-corrected chi connectivity index (χ2v) is 5.27. The lowest BCUT2D eigenvalue weighted by molar-refractivity contribution is 0.317. The second kappa shape index (κ2) is 7.84. The van der Waals surface area contributed by atoms with Gasteiger partial charge in [-0.25, -0.2) is 0 Å². The van der Waals surface area contributed by atoms with Crippen molar-refractivity contribution in [2.45, 2.75) is 39.8 Å². The minimum absolute atomic E-state index is 0.259. The standard InChI is InChI=1S/C17H25N3O/c1-4-10-21-16-8-6-15(7-9-16)17(18-5-2)13-20-12-14(3)11-19-20/h6-9,11-12,17-18H,4-5,10,13H2,1-3H3. The number of likely N-dealkylation sites (N-methyl/N-ethyl adjacent to an activating group) is 1. The SMILES string of the molecule is CCCOc1ccc(C(Cn2cc(C)cn2)NCC)cc1. The monoisotopic (exact) mass is 287 g/mol. The molecule has 1 atom stereocenters. The summed E-state index contributed by atoms with van der Waals surface area (Å²) in [5.41, 5.74) is 2.45. The molecule has 0 spiro atoms. The van der Waals surface area contributed by atoms with Crippen molar-refractivity contribution in [1.29, 1.82) is 0 Å². The third kappa shape index (κ3) is 4.60. The van der Waals surface area contributed by atoms with Crippen molar-refractivity contribution in [2.75, 3.05) is 13.2 Å². The van der Waals surface area contributed by atoms with Crippen LogP contribution in [0.4, 0.5) is 0 Å². The maximum absolute atomic E-state index is 5.63. The van der Waals surface area contributed by atoms with Crippen LogP contribution in [-0.4, -0.2) is 22.9 Å². The maximum Gasteiger partial charge on any atom is 0.119 e. The molecule has 0 saturated carbocycles. The smallest absolute Gasteiger partial charge is 0.119 e. The van der Waals surface area contributed by atoms with E-state index in [9.17, 15) is 0 Å². The average molecular weight is 287 g/mol. The van der Waals surface area contributed by atoms with Crippen LogP contribution >= 0.6 is 0 Å². The van der Waals surface area contributed by atoms with Crippen LogP contribution in [0.5, 0.6) is 5.75 Å². The van der Waals surface area contributed by atoms with Crippen molar-refractivity contribution in [3.63, 3.8) is 0 Å². The average Bonchev–Trinajstić information content (AvgIpc) is 2.90. The fraction of sp³-hybridized carbons (Fsp3) is 0.471. The molecule has 0 radical (unpaired) electrons. The molecule has 0 bridgehead atoms. The highest BCUT2D eigenvalue weighted by molar-refractivity contribution is 5.29. The van der Waals surface area contributed by atoms with Gasteiger partial charge in [0.1, 0.15) is 5.75 Å². The zero-order valence-corrected chi connectivity index (χ0v) is 13.2. The topological polar surface area (TPSA) is 39.1 Å². The largest absolute Gasteiger partial charge is 0.494 e. The number of benzene rings is 1. The Hall–Kier alpha value is -1.81. The molecule has 0 fully saturated rings. The summed E-state index contributed by atoms with van der Waals surface area (Å²) in [6.45, 7) is 8.83. The minimum Gasteiger partial charge on any atom is -0.494 e. The molecular weight excluding hydrogens is 262 g/mol. The number of hydrogen-bond donors (Lipinski definition) is 1. The molecule has 0 amide bonds. The number of aryl methyl sites for hydroxylation is 1. The first-order valence-electron chi connectivity index (χ1n) is 7.68. The summed E-state index contributed by atoms with van der Waals surface area (Å²) in [6, 6.07) is 8.62. The van der Waals surface area contributed by atoms with E-state index < -0.39 is 0 Å². The van der Waals surface area contributed by atoms with E-state index in [2.05, 4.69) is 49.5 Å². The van der Waals surface area contributed by atoms with E-state index in [0.29, 0.717) is 0 Å². The Morgan fingerprint density at radius 2 is 2.00 bits per heavy atom. The van der Waals surface area contributed by atoms with Crippen molar-refractivity contribution >= 4 is 0 Å². The fourth-order valence-corrected chi connectivity index (χ4v) is 2.30. The van der Waals surface area contributed by atoms with Gasteiger partial charge in [0.2, 0.25) is 0 Å². The van der Waals surface area contributed by atoms with E-state index in [4.69, 9.17) is 4.74 Å². The van der Waals surface area contributed by atoms with Gasteiger partial charge in [0.15, 0.2) is 0 Å². The Morgan fingerprint density at radius 1 is 1.24 bits per heavy atom. The highest BCUT2D eigenvalue weighted by atomic mass is 16.5. The molecular formula is C17H25N3O. The van der Waals surface area contributed by atoms with Gasteiger partial charge in [0.05, 0.1) is 25.4 Å². The number of hydrogen-bond acceptors (Lipinski definition) is 3. The molecule has 0 aliphatic rings. The van der Waals surface area contributed by atoms with E-state index >= 15 is 0 Å². The summed E-state index contributed by atoms with van der Waals surface area (Å²) in [5.74, 6) is 0.936. The lowest BCUT2D eigenvalue weighted by Gasteiger charge is -2.19. The van der Waals surface area contributed by atoms with Crippen molar-refractivity contribution in [1.82, 2.24) is 15.1 Å². The van der Waals surface area contributed by atoms with E-state index in [1.54, 1.807) is 0 Å². The van der Waals surface area contributed by atoms with Gasteiger partial charge in [0.25, 0.3) is 0 Å². The van der Waals surface area contributed by atoms with Crippen LogP contribution in [0.15, 0.2) is 36.7 Å². The Bertz CT molecular complexity index is 533. The Kier molecular flexibility index (Phi) is 5.81. The zero-order chi connectivity index (χ0) is 15.1. The molecule has 114 valence electrons. The van der Waals surface area contributed by atoms with Crippen molar-refractivity contribution in [3.8, 4) is 5.75 Å². The first-order chi connectivity index (χ1) is 10.2. The number of aromatic nitrogens is 2. The molecule has 4 nitrogen and oxygen atoms in total. The van der Waals surface area contributed by atoms with Crippen LogP contribution in [0.3, 0.4) is 0 Å². The van der Waals surface area contributed by atoms with Crippen LogP contribution in [0.1, 0.15) is 37.4 Å². The highest BCUT2D eigenvalue weighted by Crippen LogP contribution is 2.19. The first kappa shape index (κ1) is 15.6. The second-order valence-electron chi connectivity index (χ2n) is 5.27. The quantitative estimate of drug-likeness (QED) is 0.809. The van der Waals surface area contributed by atoms with Crippen LogP contribution in [0.25, 0.3) is 0 Å². The Balaban J connectivity index is 2.06. The molecule has 0 saturated heterocycles. The van der Waals surface area contributed by atoms with Gasteiger partial charge < -0.3 is 10.1 Å². The third-order valence-electron chi connectivity index (χ3n) is 3.34. The number of ether oxygens (including phenoxy) is 1. The predicted molar refractivity (Wildman–Crippen MR) is 85.6 cm³/mol. The van der Waals surface area contributed by atoms with Crippen LogP contribution < -0.4 is 10.1 Å². The van der Waals surface area contributed by atoms with Gasteiger partial charge in [-0.3, -0.25) is 4.68 Å². The van der Waals surface area contributed by atoms with Gasteiger partial charge in [-0.2, -0.15) is 5.10 Å². The molecule has 1 aromatic heterocycles. The molecule has 1 heterocycles. The first-order valence-corrected chi connectivity index (χ1v) is 7.68. The number of nitrogens with zero attached hydrogens (tertiary/aromatic N) is 2. The summed E-state index contributed by atoms with van der Waals surface area (Å²) in [4.78, 5) is 0. The van der Waals surface area contributed by atoms with Crippen LogP contribution in [0.2, 0.25) is 0 Å². The number of rotatable bonds is 8. The fourth-order valence-electron chi connectivity index (χ4n) is 2.30. The van der Waals surface area contributed by atoms with Crippen molar-refractivity contribution in [3.05, 3.63) is 47.8 Å². The normalized spacial score (nSPS) is 12.3. The zero-order valence-electron chi connectivity index (χ0n) is 13.2. The van der Waals surface area contributed by atoms with Crippen LogP contribution in [-0.2, 0) is 6.54 Å². The lowest BCUT2D eigenvalue weighted by atomic mass is 10.1. The highest BCUT2D eigenvalue weighted by Gasteiger charge is 2.11. The van der Waals surface area contributed by atoms with Gasteiger partial charge in [-0.05, 0) is 43.1 Å². The summed E-state index contributed by atoms with van der Waals surface area (Å²) < 4.78 is 7.62. The Morgan fingerprint density at radius 3 is 2.57 bits per heavy atom. The summed E-state index contributed by atoms with van der Waals surface area (Å²) in [7, 11) is 0. The number of nitrogens with one attached hydrogen (secondary N) is 1. The summed E-state index contributed by atoms with van der Waals surface area (Å²) in [6.07, 6.45) is 4.99. The van der Waals surface area contributed by atoms with Crippen molar-refractivity contribution in [2.24, 2.45) is 0 Å². The van der Waals surface area contributed by atoms with E-state index in [0.717, 1.165) is 31.9 Å². The van der Waals surface area contributed by atoms with E-state index in [-0.39, 0.29) is 6.04 Å². The third-order valence-corrected chi connectivity index (χ3v) is 3.34. The van der Waals surface area contributed by atoms with Gasteiger partial charge in [-0.1, -0.05) is 26.0 Å². The molecule has 1 aromatic carbocycles. The summed E-state index contributed by atoms with van der Waals surface area (Å²) in [5, 5.41) is 7.89. The van der Waals surface area contributed by atoms with Crippen molar-refractivity contribution < 1.29 is 4.74 Å². The van der Waals surface area contributed by atoms with Crippen LogP contribution in [0, 0.1) is 6.92 Å². The van der Waals surface area contributed by atoms with E-state index in [1.165, 1.54) is 11.1 Å². The molecule has 2 rings (SSSR count). The van der Waals surface area contributed by atoms with E-state index in [1.807, 2.05) is 23.0 Å². The lowest BCUT2D eigenvalue weighted by Crippen LogP contribution is -2.25. The van der Waals surface area contributed by atoms with Gasteiger partial charge in [-0.15, -0.1) is 0 Å². The predicted octanol–water partition coefficient (Wildman–Crippen LogP) is 3.33.